The Hall–Kier alpha value is -0.370. The van der Waals surface area contributed by atoms with Crippen LogP contribution in [-0.2, 0) is 4.79 Å². The zero-order valence-corrected chi connectivity index (χ0v) is 7.47. The van der Waals surface area contributed by atoms with Gasteiger partial charge < -0.3 is 0 Å². The molecule has 1 aliphatic rings. The molecule has 0 saturated carbocycles. The molecule has 0 aliphatic carbocycles. The first-order chi connectivity index (χ1) is 5.24. The number of hydrogen-bond acceptors (Lipinski definition) is 2. The molecule has 0 bridgehead atoms. The molecule has 0 aromatic carbocycles. The van der Waals surface area contributed by atoms with E-state index < -0.39 is 0 Å². The smallest absolute Gasteiger partial charge is 0.148 e. The lowest BCUT2D eigenvalue weighted by Crippen LogP contribution is -2.30. The Morgan fingerprint density at radius 3 is 2.82 bits per heavy atom. The molecule has 0 radical (unpaired) electrons. The summed E-state index contributed by atoms with van der Waals surface area (Å²) in [5, 5.41) is 0. The first kappa shape index (κ1) is 8.72. The van der Waals surface area contributed by atoms with Gasteiger partial charge in [-0.25, -0.2) is 0 Å². The SMILES string of the molecule is CCCC(C)N1CCC(=O)C1. The maximum atomic E-state index is 10.9. The van der Waals surface area contributed by atoms with Crippen molar-refractivity contribution in [2.45, 2.75) is 39.2 Å². The molecule has 64 valence electrons. The van der Waals surface area contributed by atoms with E-state index in [2.05, 4.69) is 18.7 Å². The minimum atomic E-state index is 0.410. The Morgan fingerprint density at radius 1 is 1.64 bits per heavy atom. The van der Waals surface area contributed by atoms with Crippen molar-refractivity contribution in [2.75, 3.05) is 13.1 Å². The van der Waals surface area contributed by atoms with Crippen LogP contribution in [0.5, 0.6) is 0 Å². The molecule has 0 spiro atoms. The van der Waals surface area contributed by atoms with Crippen LogP contribution in [0.15, 0.2) is 0 Å². The highest BCUT2D eigenvalue weighted by Crippen LogP contribution is 2.12. The average Bonchev–Trinajstić information content (AvgIpc) is 2.36. The lowest BCUT2D eigenvalue weighted by Gasteiger charge is -2.21. The summed E-state index contributed by atoms with van der Waals surface area (Å²) in [5.74, 6) is 0.410. The van der Waals surface area contributed by atoms with Gasteiger partial charge in [-0.3, -0.25) is 9.69 Å². The largest absolute Gasteiger partial charge is 0.298 e. The molecule has 1 unspecified atom stereocenters. The summed E-state index contributed by atoms with van der Waals surface area (Å²) < 4.78 is 0. The van der Waals surface area contributed by atoms with E-state index >= 15 is 0 Å². The number of nitrogens with zero attached hydrogens (tertiary/aromatic N) is 1. The van der Waals surface area contributed by atoms with Crippen LogP contribution in [0.3, 0.4) is 0 Å². The van der Waals surface area contributed by atoms with Crippen molar-refractivity contribution >= 4 is 5.78 Å². The Labute approximate surface area is 68.6 Å². The van der Waals surface area contributed by atoms with Crippen molar-refractivity contribution in [3.63, 3.8) is 0 Å². The summed E-state index contributed by atoms with van der Waals surface area (Å²) in [7, 11) is 0. The fourth-order valence-corrected chi connectivity index (χ4v) is 1.63. The van der Waals surface area contributed by atoms with Crippen molar-refractivity contribution in [3.8, 4) is 0 Å². The second-order valence-corrected chi connectivity index (χ2v) is 3.40. The summed E-state index contributed by atoms with van der Waals surface area (Å²) >= 11 is 0. The second-order valence-electron chi connectivity index (χ2n) is 3.40. The first-order valence-corrected chi connectivity index (χ1v) is 4.49. The van der Waals surface area contributed by atoms with E-state index in [1.165, 1.54) is 12.8 Å². The van der Waals surface area contributed by atoms with Crippen molar-refractivity contribution < 1.29 is 4.79 Å². The summed E-state index contributed by atoms with van der Waals surface area (Å²) in [6.07, 6.45) is 3.20. The van der Waals surface area contributed by atoms with Crippen LogP contribution < -0.4 is 0 Å². The normalized spacial score (nSPS) is 22.5. The quantitative estimate of drug-likeness (QED) is 0.615. The topological polar surface area (TPSA) is 20.3 Å². The van der Waals surface area contributed by atoms with Gasteiger partial charge in [-0.05, 0) is 13.3 Å². The molecule has 0 aromatic heterocycles. The molecule has 1 rings (SSSR count). The molecule has 0 aromatic rings. The zero-order valence-electron chi connectivity index (χ0n) is 7.47. The van der Waals surface area contributed by atoms with Crippen LogP contribution in [0.25, 0.3) is 0 Å². The Kier molecular flexibility index (Phi) is 3.06. The van der Waals surface area contributed by atoms with E-state index in [1.807, 2.05) is 0 Å². The number of carbonyl (C=O) groups is 1. The number of carbonyl (C=O) groups excluding carboxylic acids is 1. The van der Waals surface area contributed by atoms with Gasteiger partial charge in [0.25, 0.3) is 0 Å². The molecule has 1 saturated heterocycles. The fraction of sp³-hybridized carbons (Fsp3) is 0.889. The number of Topliss-reactive ketones (excluding diaryl/α,β-unsaturated/α-hetero) is 1. The van der Waals surface area contributed by atoms with Crippen LogP contribution >= 0.6 is 0 Å². The van der Waals surface area contributed by atoms with Crippen LogP contribution in [-0.4, -0.2) is 29.8 Å². The van der Waals surface area contributed by atoms with E-state index in [9.17, 15) is 4.79 Å². The molecule has 2 nitrogen and oxygen atoms in total. The molecule has 1 aliphatic heterocycles. The summed E-state index contributed by atoms with van der Waals surface area (Å²) in [5.41, 5.74) is 0. The van der Waals surface area contributed by atoms with Crippen LogP contribution in [0.1, 0.15) is 33.1 Å². The van der Waals surface area contributed by atoms with E-state index in [0.717, 1.165) is 13.0 Å². The Balaban J connectivity index is 2.30. The lowest BCUT2D eigenvalue weighted by atomic mass is 10.2. The van der Waals surface area contributed by atoms with Crippen molar-refractivity contribution in [1.82, 2.24) is 4.90 Å². The van der Waals surface area contributed by atoms with E-state index in [4.69, 9.17) is 0 Å². The highest BCUT2D eigenvalue weighted by atomic mass is 16.1. The number of ketones is 1. The Bertz CT molecular complexity index is 144. The van der Waals surface area contributed by atoms with Crippen molar-refractivity contribution in [3.05, 3.63) is 0 Å². The summed E-state index contributed by atoms with van der Waals surface area (Å²) in [4.78, 5) is 13.2. The van der Waals surface area contributed by atoms with E-state index in [-0.39, 0.29) is 0 Å². The minimum Gasteiger partial charge on any atom is -0.298 e. The van der Waals surface area contributed by atoms with Gasteiger partial charge in [-0.2, -0.15) is 0 Å². The standard InChI is InChI=1S/C9H17NO/c1-3-4-8(2)10-6-5-9(11)7-10/h8H,3-7H2,1-2H3. The van der Waals surface area contributed by atoms with Gasteiger partial charge in [0.2, 0.25) is 0 Å². The molecule has 11 heavy (non-hydrogen) atoms. The molecular weight excluding hydrogens is 138 g/mol. The van der Waals surface area contributed by atoms with Gasteiger partial charge in [0.1, 0.15) is 5.78 Å². The van der Waals surface area contributed by atoms with Crippen molar-refractivity contribution in [1.29, 1.82) is 0 Å². The summed E-state index contributed by atoms with van der Waals surface area (Å²) in [6, 6.07) is 0.603. The van der Waals surface area contributed by atoms with E-state index in [1.54, 1.807) is 0 Å². The molecule has 1 heterocycles. The number of likely N-dealkylation sites (tertiary alicyclic amines) is 1. The predicted octanol–water partition coefficient (Wildman–Crippen LogP) is 1.45. The molecule has 1 atom stereocenters. The van der Waals surface area contributed by atoms with Gasteiger partial charge in [-0.1, -0.05) is 13.3 Å². The van der Waals surface area contributed by atoms with Crippen LogP contribution in [0.4, 0.5) is 0 Å². The van der Waals surface area contributed by atoms with Gasteiger partial charge in [0.15, 0.2) is 0 Å². The van der Waals surface area contributed by atoms with Gasteiger partial charge in [-0.15, -0.1) is 0 Å². The molecular formula is C9H17NO. The maximum absolute atomic E-state index is 10.9. The maximum Gasteiger partial charge on any atom is 0.148 e. The van der Waals surface area contributed by atoms with E-state index in [0.29, 0.717) is 18.4 Å². The predicted molar refractivity (Wildman–Crippen MR) is 45.6 cm³/mol. The van der Waals surface area contributed by atoms with Crippen LogP contribution in [0.2, 0.25) is 0 Å². The minimum absolute atomic E-state index is 0.410. The van der Waals surface area contributed by atoms with Crippen molar-refractivity contribution in [2.24, 2.45) is 0 Å². The fourth-order valence-electron chi connectivity index (χ4n) is 1.63. The van der Waals surface area contributed by atoms with Gasteiger partial charge in [0, 0.05) is 19.0 Å². The molecule has 0 amide bonds. The Morgan fingerprint density at radius 2 is 2.36 bits per heavy atom. The number of hydrogen-bond donors (Lipinski definition) is 0. The average molecular weight is 155 g/mol. The molecule has 1 fully saturated rings. The highest BCUT2D eigenvalue weighted by molar-refractivity contribution is 5.82. The molecule has 2 heteroatoms. The highest BCUT2D eigenvalue weighted by Gasteiger charge is 2.22. The monoisotopic (exact) mass is 155 g/mol. The third-order valence-corrected chi connectivity index (χ3v) is 2.39. The zero-order chi connectivity index (χ0) is 8.27. The second kappa shape index (κ2) is 3.86. The number of rotatable bonds is 3. The molecule has 0 N–H and O–H groups in total. The summed E-state index contributed by atoms with van der Waals surface area (Å²) in [6.45, 7) is 6.08. The lowest BCUT2D eigenvalue weighted by molar-refractivity contribution is -0.117. The third-order valence-electron chi connectivity index (χ3n) is 2.39. The van der Waals surface area contributed by atoms with Gasteiger partial charge in [0.05, 0.1) is 6.54 Å². The first-order valence-electron chi connectivity index (χ1n) is 4.49. The third kappa shape index (κ3) is 2.29. The van der Waals surface area contributed by atoms with Gasteiger partial charge >= 0.3 is 0 Å². The van der Waals surface area contributed by atoms with Crippen LogP contribution in [0, 0.1) is 0 Å².